The van der Waals surface area contributed by atoms with Crippen LogP contribution in [-0.4, -0.2) is 35.1 Å². The molecule has 2 heterocycles. The number of para-hydroxylation sites is 1. The second-order valence-corrected chi connectivity index (χ2v) is 6.12. The van der Waals surface area contributed by atoms with Crippen molar-refractivity contribution in [3.63, 3.8) is 0 Å². The minimum atomic E-state index is 0.398. The molecule has 0 spiro atoms. The number of aromatic nitrogens is 2. The Hall–Kier alpha value is -1.68. The summed E-state index contributed by atoms with van der Waals surface area (Å²) in [7, 11) is 0. The molecule has 1 aliphatic rings. The first-order valence-corrected chi connectivity index (χ1v) is 7.96. The Morgan fingerprint density at radius 1 is 1.29 bits per heavy atom. The molecule has 1 N–H and O–H groups in total. The van der Waals surface area contributed by atoms with Crippen molar-refractivity contribution in [3.05, 3.63) is 30.5 Å². The molecule has 1 aliphatic heterocycles. The quantitative estimate of drug-likeness (QED) is 0.937. The Kier molecular flexibility index (Phi) is 4.34. The van der Waals surface area contributed by atoms with Crippen molar-refractivity contribution in [1.82, 2.24) is 15.3 Å². The van der Waals surface area contributed by atoms with Crippen molar-refractivity contribution in [2.24, 2.45) is 0 Å². The van der Waals surface area contributed by atoms with Crippen LogP contribution >= 0.6 is 0 Å². The molecule has 0 bridgehead atoms. The number of hydrogen-bond donors (Lipinski definition) is 1. The van der Waals surface area contributed by atoms with Gasteiger partial charge in [-0.15, -0.1) is 0 Å². The normalized spacial score (nSPS) is 19.1. The number of nitrogens with zero attached hydrogens (tertiary/aromatic N) is 3. The molecule has 0 radical (unpaired) electrons. The van der Waals surface area contributed by atoms with Gasteiger partial charge in [-0.05, 0) is 39.3 Å². The summed E-state index contributed by atoms with van der Waals surface area (Å²) in [6.45, 7) is 6.54. The van der Waals surface area contributed by atoms with Crippen molar-refractivity contribution in [1.29, 1.82) is 0 Å². The topological polar surface area (TPSA) is 41.0 Å². The molecule has 3 rings (SSSR count). The molecule has 112 valence electrons. The third-order valence-electron chi connectivity index (χ3n) is 4.19. The van der Waals surface area contributed by atoms with E-state index in [2.05, 4.69) is 41.2 Å². The summed E-state index contributed by atoms with van der Waals surface area (Å²) in [6.07, 6.45) is 5.80. The van der Waals surface area contributed by atoms with Crippen molar-refractivity contribution in [2.45, 2.75) is 45.2 Å². The standard InChI is InChI=1S/C17H24N4/c1-13(2)21(12-15-8-5-6-10-18-15)17-19-11-14-7-3-4-9-16(14)20-17/h3-4,7,9,11,13,15,18H,5-6,8,10,12H2,1-2H3. The molecule has 4 nitrogen and oxygen atoms in total. The van der Waals surface area contributed by atoms with Crippen LogP contribution in [0.5, 0.6) is 0 Å². The molecule has 1 aromatic carbocycles. The second-order valence-electron chi connectivity index (χ2n) is 6.12. The Labute approximate surface area is 126 Å². The predicted octanol–water partition coefficient (Wildman–Crippen LogP) is 2.99. The van der Waals surface area contributed by atoms with Gasteiger partial charge in [0.05, 0.1) is 5.52 Å². The maximum atomic E-state index is 4.75. The van der Waals surface area contributed by atoms with E-state index >= 15 is 0 Å². The Morgan fingerprint density at radius 2 is 2.14 bits per heavy atom. The van der Waals surface area contributed by atoms with Crippen molar-refractivity contribution >= 4 is 16.9 Å². The van der Waals surface area contributed by atoms with E-state index < -0.39 is 0 Å². The lowest BCUT2D eigenvalue weighted by Crippen LogP contribution is -2.46. The van der Waals surface area contributed by atoms with E-state index in [1.807, 2.05) is 18.3 Å². The molecule has 1 saturated heterocycles. The van der Waals surface area contributed by atoms with Crippen LogP contribution in [0.4, 0.5) is 5.95 Å². The second kappa shape index (κ2) is 6.39. The number of fused-ring (bicyclic) bond motifs is 1. The lowest BCUT2D eigenvalue weighted by Gasteiger charge is -2.33. The van der Waals surface area contributed by atoms with Crippen LogP contribution in [0, 0.1) is 0 Å². The maximum absolute atomic E-state index is 4.75. The molecule has 1 unspecified atom stereocenters. The van der Waals surface area contributed by atoms with Crippen LogP contribution in [-0.2, 0) is 0 Å². The zero-order valence-corrected chi connectivity index (χ0v) is 12.9. The summed E-state index contributed by atoms with van der Waals surface area (Å²) in [5.74, 6) is 0.844. The number of rotatable bonds is 4. The van der Waals surface area contributed by atoms with E-state index in [9.17, 15) is 0 Å². The number of benzene rings is 1. The predicted molar refractivity (Wildman–Crippen MR) is 87.7 cm³/mol. The molecule has 1 atom stereocenters. The monoisotopic (exact) mass is 284 g/mol. The molecule has 1 aromatic heterocycles. The van der Waals surface area contributed by atoms with Gasteiger partial charge in [0.2, 0.25) is 5.95 Å². The Bertz CT molecular complexity index is 590. The zero-order valence-electron chi connectivity index (χ0n) is 12.9. The van der Waals surface area contributed by atoms with Crippen LogP contribution in [0.3, 0.4) is 0 Å². The van der Waals surface area contributed by atoms with Gasteiger partial charge in [0.25, 0.3) is 0 Å². The summed E-state index contributed by atoms with van der Waals surface area (Å²) in [6, 6.07) is 9.12. The van der Waals surface area contributed by atoms with Gasteiger partial charge < -0.3 is 10.2 Å². The lowest BCUT2D eigenvalue weighted by molar-refractivity contribution is 0.392. The number of hydrogen-bond acceptors (Lipinski definition) is 4. The molecule has 1 fully saturated rings. The SMILES string of the molecule is CC(C)N(CC1CCCCN1)c1ncc2ccccc2n1. The first-order chi connectivity index (χ1) is 10.2. The first kappa shape index (κ1) is 14.3. The van der Waals surface area contributed by atoms with Gasteiger partial charge >= 0.3 is 0 Å². The van der Waals surface area contributed by atoms with Crippen LogP contribution in [0.1, 0.15) is 33.1 Å². The molecule has 21 heavy (non-hydrogen) atoms. The first-order valence-electron chi connectivity index (χ1n) is 7.96. The molecule has 0 aliphatic carbocycles. The van der Waals surface area contributed by atoms with Gasteiger partial charge in [0.15, 0.2) is 0 Å². The number of anilines is 1. The maximum Gasteiger partial charge on any atom is 0.226 e. The smallest absolute Gasteiger partial charge is 0.226 e. The molecular formula is C17H24N4. The zero-order chi connectivity index (χ0) is 14.7. The average molecular weight is 284 g/mol. The van der Waals surface area contributed by atoms with Gasteiger partial charge in [-0.3, -0.25) is 0 Å². The van der Waals surface area contributed by atoms with Crippen LogP contribution < -0.4 is 10.2 Å². The van der Waals surface area contributed by atoms with E-state index in [0.717, 1.165) is 29.9 Å². The third-order valence-corrected chi connectivity index (χ3v) is 4.19. The molecule has 4 heteroatoms. The highest BCUT2D eigenvalue weighted by Crippen LogP contribution is 2.18. The minimum Gasteiger partial charge on any atom is -0.337 e. The Morgan fingerprint density at radius 3 is 2.90 bits per heavy atom. The van der Waals surface area contributed by atoms with E-state index in [-0.39, 0.29) is 0 Å². The highest BCUT2D eigenvalue weighted by Gasteiger charge is 2.20. The fourth-order valence-corrected chi connectivity index (χ4v) is 2.94. The molecular weight excluding hydrogens is 260 g/mol. The molecule has 0 saturated carbocycles. The summed E-state index contributed by atoms with van der Waals surface area (Å²) in [5, 5.41) is 4.71. The van der Waals surface area contributed by atoms with Gasteiger partial charge in [-0.2, -0.15) is 0 Å². The van der Waals surface area contributed by atoms with Crippen LogP contribution in [0.2, 0.25) is 0 Å². The highest BCUT2D eigenvalue weighted by atomic mass is 15.3. The molecule has 2 aromatic rings. The van der Waals surface area contributed by atoms with Crippen molar-refractivity contribution in [3.8, 4) is 0 Å². The number of nitrogens with one attached hydrogen (secondary N) is 1. The Balaban J connectivity index is 1.84. The van der Waals surface area contributed by atoms with Gasteiger partial charge in [-0.25, -0.2) is 9.97 Å². The largest absolute Gasteiger partial charge is 0.337 e. The van der Waals surface area contributed by atoms with E-state index in [1.54, 1.807) is 0 Å². The van der Waals surface area contributed by atoms with Gasteiger partial charge in [-0.1, -0.05) is 24.6 Å². The van der Waals surface area contributed by atoms with Crippen LogP contribution in [0.25, 0.3) is 10.9 Å². The van der Waals surface area contributed by atoms with Gasteiger partial charge in [0.1, 0.15) is 0 Å². The van der Waals surface area contributed by atoms with E-state index in [4.69, 9.17) is 4.98 Å². The molecule has 0 amide bonds. The third kappa shape index (κ3) is 3.32. The van der Waals surface area contributed by atoms with Crippen LogP contribution in [0.15, 0.2) is 30.5 Å². The van der Waals surface area contributed by atoms with Gasteiger partial charge in [0, 0.05) is 30.2 Å². The summed E-state index contributed by atoms with van der Waals surface area (Å²) >= 11 is 0. The van der Waals surface area contributed by atoms with Crippen molar-refractivity contribution < 1.29 is 0 Å². The summed E-state index contributed by atoms with van der Waals surface area (Å²) in [4.78, 5) is 11.6. The van der Waals surface area contributed by atoms with E-state index in [0.29, 0.717) is 12.1 Å². The summed E-state index contributed by atoms with van der Waals surface area (Å²) in [5.41, 5.74) is 1.02. The minimum absolute atomic E-state index is 0.398. The highest BCUT2D eigenvalue weighted by molar-refractivity contribution is 5.78. The summed E-state index contributed by atoms with van der Waals surface area (Å²) < 4.78 is 0. The fourth-order valence-electron chi connectivity index (χ4n) is 2.94. The lowest BCUT2D eigenvalue weighted by atomic mass is 10.0. The van der Waals surface area contributed by atoms with Crippen molar-refractivity contribution in [2.75, 3.05) is 18.0 Å². The van der Waals surface area contributed by atoms with E-state index in [1.165, 1.54) is 19.3 Å². The fraction of sp³-hybridized carbons (Fsp3) is 0.529. The average Bonchev–Trinajstić information content (AvgIpc) is 2.53. The number of piperidine rings is 1.